The zero-order chi connectivity index (χ0) is 26.8. The van der Waals surface area contributed by atoms with E-state index >= 15 is 0 Å². The van der Waals surface area contributed by atoms with Gasteiger partial charge in [0.15, 0.2) is 0 Å². The lowest BCUT2D eigenvalue weighted by Crippen LogP contribution is -2.37. The van der Waals surface area contributed by atoms with Crippen LogP contribution in [0.3, 0.4) is 0 Å². The van der Waals surface area contributed by atoms with Crippen molar-refractivity contribution in [2.75, 3.05) is 18.4 Å². The Morgan fingerprint density at radius 1 is 1.15 bits per heavy atom. The van der Waals surface area contributed by atoms with Crippen molar-refractivity contribution in [2.45, 2.75) is 32.4 Å². The van der Waals surface area contributed by atoms with Crippen molar-refractivity contribution in [3.8, 4) is 5.75 Å². The maximum absolute atomic E-state index is 14.1. The molecule has 1 amide bonds. The summed E-state index contributed by atoms with van der Waals surface area (Å²) in [5, 5.41) is 12.7. The number of halogens is 1. The number of ether oxygens (including phenoxy) is 1. The zero-order valence-corrected chi connectivity index (χ0v) is 22.3. The number of carbonyl (C=O) groups excluding carboxylic acids is 1. The van der Waals surface area contributed by atoms with Crippen LogP contribution >= 0.6 is 11.3 Å². The number of fused-ring (bicyclic) bond motifs is 2. The van der Waals surface area contributed by atoms with E-state index in [1.165, 1.54) is 29.8 Å². The number of hydrogen-bond donors (Lipinski definition) is 3. The number of carbonyl (C=O) groups is 1. The van der Waals surface area contributed by atoms with Gasteiger partial charge in [-0.3, -0.25) is 4.79 Å². The van der Waals surface area contributed by atoms with E-state index in [0.717, 1.165) is 46.7 Å². The van der Waals surface area contributed by atoms with E-state index in [1.807, 2.05) is 31.2 Å². The van der Waals surface area contributed by atoms with Gasteiger partial charge in [0.25, 0.3) is 5.91 Å². The quantitative estimate of drug-likeness (QED) is 0.231. The smallest absolute Gasteiger partial charge is 0.261 e. The molecule has 3 N–H and O–H groups in total. The van der Waals surface area contributed by atoms with Gasteiger partial charge >= 0.3 is 0 Å². The predicted octanol–water partition coefficient (Wildman–Crippen LogP) is 6.10. The molecule has 39 heavy (non-hydrogen) atoms. The number of amides is 1. The van der Waals surface area contributed by atoms with Crippen LogP contribution in [-0.4, -0.2) is 35.1 Å². The van der Waals surface area contributed by atoms with Gasteiger partial charge < -0.3 is 20.7 Å². The highest BCUT2D eigenvalue weighted by Gasteiger charge is 2.21. The Hall–Kier alpha value is -4.08. The molecule has 3 heterocycles. The molecule has 9 heteroatoms. The van der Waals surface area contributed by atoms with Crippen molar-refractivity contribution in [3.63, 3.8) is 0 Å². The standard InChI is InChI=1S/C30H28FN5O2S/c1-18-26-28(36-24-12-11-21(31)14-25(24)38-22-9-5-13-32-16-22)34-17-35-30(26)39-27(18)29(37)33-15-20-8-4-7-19-6-2-3-10-23(19)20/h2-4,6-8,10-12,14,17,22,32H,5,9,13,15-16H2,1H3,(H,33,37)(H,34,35,36). The lowest BCUT2D eigenvalue weighted by molar-refractivity contribution is 0.0954. The third-order valence-electron chi connectivity index (χ3n) is 6.99. The van der Waals surface area contributed by atoms with E-state index in [1.54, 1.807) is 6.07 Å². The van der Waals surface area contributed by atoms with E-state index < -0.39 is 0 Å². The maximum atomic E-state index is 14.1. The molecule has 5 aromatic rings. The molecule has 1 atom stereocenters. The summed E-state index contributed by atoms with van der Waals surface area (Å²) in [6.07, 6.45) is 3.34. The van der Waals surface area contributed by atoms with E-state index in [0.29, 0.717) is 40.1 Å². The van der Waals surface area contributed by atoms with Gasteiger partial charge in [0.2, 0.25) is 0 Å². The van der Waals surface area contributed by atoms with E-state index in [9.17, 15) is 9.18 Å². The molecule has 3 aromatic carbocycles. The van der Waals surface area contributed by atoms with Gasteiger partial charge in [0, 0.05) is 19.2 Å². The predicted molar refractivity (Wildman–Crippen MR) is 153 cm³/mol. The minimum atomic E-state index is -0.371. The monoisotopic (exact) mass is 541 g/mol. The summed E-state index contributed by atoms with van der Waals surface area (Å²) in [5.41, 5.74) is 2.45. The molecule has 7 nitrogen and oxygen atoms in total. The number of rotatable bonds is 7. The van der Waals surface area contributed by atoms with Crippen LogP contribution in [0.15, 0.2) is 67.0 Å². The third-order valence-corrected chi connectivity index (χ3v) is 8.19. The summed E-state index contributed by atoms with van der Waals surface area (Å²) in [7, 11) is 0. The van der Waals surface area contributed by atoms with Gasteiger partial charge in [0.1, 0.15) is 34.6 Å². The van der Waals surface area contributed by atoms with Gasteiger partial charge in [-0.05, 0) is 60.3 Å². The van der Waals surface area contributed by atoms with Gasteiger partial charge in [-0.25, -0.2) is 14.4 Å². The lowest BCUT2D eigenvalue weighted by atomic mass is 10.0. The van der Waals surface area contributed by atoms with Crippen LogP contribution in [0.5, 0.6) is 5.75 Å². The minimum Gasteiger partial charge on any atom is -0.487 e. The summed E-state index contributed by atoms with van der Waals surface area (Å²) in [5.74, 6) is 0.436. The molecular weight excluding hydrogens is 513 g/mol. The van der Waals surface area contributed by atoms with Crippen LogP contribution < -0.4 is 20.7 Å². The highest BCUT2D eigenvalue weighted by molar-refractivity contribution is 7.20. The van der Waals surface area contributed by atoms with E-state index in [4.69, 9.17) is 4.74 Å². The second-order valence-corrected chi connectivity index (χ2v) is 10.6. The Labute approximate surface area is 229 Å². The molecule has 0 aliphatic carbocycles. The van der Waals surface area contributed by atoms with Gasteiger partial charge in [-0.1, -0.05) is 42.5 Å². The molecule has 1 aliphatic rings. The largest absolute Gasteiger partial charge is 0.487 e. The van der Waals surface area contributed by atoms with Gasteiger partial charge in [0.05, 0.1) is 16.0 Å². The SMILES string of the molecule is Cc1c(C(=O)NCc2cccc3ccccc23)sc2ncnc(Nc3ccc(F)cc3OC3CCCNC3)c12. The number of nitrogens with one attached hydrogen (secondary N) is 3. The highest BCUT2D eigenvalue weighted by atomic mass is 32.1. The Balaban J connectivity index is 1.26. The zero-order valence-electron chi connectivity index (χ0n) is 21.5. The molecule has 1 fully saturated rings. The number of hydrogen-bond acceptors (Lipinski definition) is 7. The lowest BCUT2D eigenvalue weighted by Gasteiger charge is -2.25. The number of aryl methyl sites for hydroxylation is 1. The van der Waals surface area contributed by atoms with Crippen LogP contribution in [-0.2, 0) is 6.54 Å². The summed E-state index contributed by atoms with van der Waals surface area (Å²) in [4.78, 5) is 23.5. The fourth-order valence-corrected chi connectivity index (χ4v) is 6.07. The number of piperidine rings is 1. The molecule has 6 rings (SSSR count). The first-order chi connectivity index (χ1) is 19.1. The normalized spacial score (nSPS) is 15.4. The van der Waals surface area contributed by atoms with E-state index in [2.05, 4.69) is 44.1 Å². The number of aromatic nitrogens is 2. The first-order valence-electron chi connectivity index (χ1n) is 13.0. The number of nitrogens with zero attached hydrogens (tertiary/aromatic N) is 2. The highest BCUT2D eigenvalue weighted by Crippen LogP contribution is 2.37. The Morgan fingerprint density at radius 3 is 2.90 bits per heavy atom. The molecule has 1 saturated heterocycles. The molecule has 0 radical (unpaired) electrons. The van der Waals surface area contributed by atoms with Crippen molar-refractivity contribution >= 4 is 49.7 Å². The summed E-state index contributed by atoms with van der Waals surface area (Å²) in [6.45, 7) is 3.99. The Bertz CT molecular complexity index is 1660. The summed E-state index contributed by atoms with van der Waals surface area (Å²) in [6, 6.07) is 18.6. The molecule has 1 unspecified atom stereocenters. The average Bonchev–Trinajstić information content (AvgIpc) is 3.31. The Morgan fingerprint density at radius 2 is 2.03 bits per heavy atom. The van der Waals surface area contributed by atoms with Gasteiger partial charge in [-0.15, -0.1) is 11.3 Å². The first-order valence-corrected chi connectivity index (χ1v) is 13.8. The van der Waals surface area contributed by atoms with Crippen molar-refractivity contribution in [1.29, 1.82) is 0 Å². The molecule has 0 saturated carbocycles. The van der Waals surface area contributed by atoms with Crippen LogP contribution in [0.2, 0.25) is 0 Å². The topological polar surface area (TPSA) is 88.2 Å². The molecule has 2 aromatic heterocycles. The maximum Gasteiger partial charge on any atom is 0.261 e. The number of thiophene rings is 1. The fourth-order valence-electron chi connectivity index (χ4n) is 5.01. The van der Waals surface area contributed by atoms with Crippen molar-refractivity contribution in [1.82, 2.24) is 20.6 Å². The van der Waals surface area contributed by atoms with Gasteiger partial charge in [-0.2, -0.15) is 0 Å². The first kappa shape index (κ1) is 25.2. The second kappa shape index (κ2) is 11.0. The second-order valence-electron chi connectivity index (χ2n) is 9.63. The summed E-state index contributed by atoms with van der Waals surface area (Å²) >= 11 is 1.33. The van der Waals surface area contributed by atoms with Crippen LogP contribution in [0.4, 0.5) is 15.9 Å². The van der Waals surface area contributed by atoms with E-state index in [-0.39, 0.29) is 17.8 Å². The molecule has 1 aliphatic heterocycles. The average molecular weight is 542 g/mol. The minimum absolute atomic E-state index is 0.0357. The third kappa shape index (κ3) is 5.28. The van der Waals surface area contributed by atoms with Crippen molar-refractivity contribution in [2.24, 2.45) is 0 Å². The molecule has 0 spiro atoms. The fraction of sp³-hybridized carbons (Fsp3) is 0.233. The molecular formula is C30H28FN5O2S. The number of benzene rings is 3. The Kier molecular flexibility index (Phi) is 7.08. The summed E-state index contributed by atoms with van der Waals surface area (Å²) < 4.78 is 20.3. The molecule has 198 valence electrons. The van der Waals surface area contributed by atoms with Crippen LogP contribution in [0.25, 0.3) is 21.0 Å². The van der Waals surface area contributed by atoms with Crippen LogP contribution in [0, 0.1) is 12.7 Å². The van der Waals surface area contributed by atoms with Crippen LogP contribution in [0.1, 0.15) is 33.6 Å². The van der Waals surface area contributed by atoms with Crippen molar-refractivity contribution in [3.05, 3.63) is 88.8 Å². The molecule has 0 bridgehead atoms. The van der Waals surface area contributed by atoms with Crippen molar-refractivity contribution < 1.29 is 13.9 Å². The number of anilines is 2.